The van der Waals surface area contributed by atoms with Gasteiger partial charge in [-0.25, -0.2) is 4.68 Å². The summed E-state index contributed by atoms with van der Waals surface area (Å²) in [5.74, 6) is 1.37. The number of methoxy groups -OCH3 is 1. The average molecular weight is 470 g/mol. The highest BCUT2D eigenvalue weighted by Crippen LogP contribution is 2.30. The van der Waals surface area contributed by atoms with Gasteiger partial charge in [-0.15, -0.1) is 0 Å². The molecule has 3 rings (SSSR count). The van der Waals surface area contributed by atoms with Crippen molar-refractivity contribution in [1.82, 2.24) is 19.6 Å². The van der Waals surface area contributed by atoms with Crippen LogP contribution < -0.4 is 4.90 Å². The van der Waals surface area contributed by atoms with Gasteiger partial charge in [-0.05, 0) is 38.9 Å². The van der Waals surface area contributed by atoms with Crippen LogP contribution in [-0.2, 0) is 16.1 Å². The first-order valence-corrected chi connectivity index (χ1v) is 12.9. The molecule has 1 aliphatic heterocycles. The third kappa shape index (κ3) is 7.06. The summed E-state index contributed by atoms with van der Waals surface area (Å²) in [6.45, 7) is 10.2. The molecule has 0 radical (unpaired) electrons. The summed E-state index contributed by atoms with van der Waals surface area (Å²) < 4.78 is 7.36. The summed E-state index contributed by atoms with van der Waals surface area (Å²) in [4.78, 5) is 20.1. The quantitative estimate of drug-likeness (QED) is 0.410. The van der Waals surface area contributed by atoms with Gasteiger partial charge >= 0.3 is 0 Å². The summed E-state index contributed by atoms with van der Waals surface area (Å²) >= 11 is 0. The molecular formula is C27H43N5O2. The number of hydrogen-bond donors (Lipinski definition) is 0. The molecule has 0 spiro atoms. The number of para-hydroxylation sites is 1. The molecule has 188 valence electrons. The van der Waals surface area contributed by atoms with Gasteiger partial charge in [0.05, 0.1) is 17.9 Å². The first-order chi connectivity index (χ1) is 16.5. The largest absolute Gasteiger partial charge is 0.385 e. The number of anilines is 1. The van der Waals surface area contributed by atoms with Crippen LogP contribution in [0.2, 0.25) is 0 Å². The number of aryl methyl sites for hydroxylation is 1. The van der Waals surface area contributed by atoms with E-state index >= 15 is 0 Å². The maximum atomic E-state index is 13.3. The first-order valence-electron chi connectivity index (χ1n) is 12.9. The van der Waals surface area contributed by atoms with Crippen LogP contribution in [0.25, 0.3) is 5.69 Å². The van der Waals surface area contributed by atoms with Gasteiger partial charge in [-0.2, -0.15) is 5.10 Å². The number of benzene rings is 1. The van der Waals surface area contributed by atoms with Crippen molar-refractivity contribution in [2.24, 2.45) is 0 Å². The minimum atomic E-state index is 0.239. The zero-order chi connectivity index (χ0) is 24.3. The number of piperazine rings is 1. The number of ether oxygens (including phenoxy) is 1. The first kappa shape index (κ1) is 26.2. The normalized spacial score (nSPS) is 14.5. The second kappa shape index (κ2) is 13.5. The third-order valence-electron chi connectivity index (χ3n) is 6.68. The van der Waals surface area contributed by atoms with Gasteiger partial charge in [-0.3, -0.25) is 4.79 Å². The van der Waals surface area contributed by atoms with Crippen LogP contribution in [0.15, 0.2) is 30.3 Å². The molecule has 0 aliphatic carbocycles. The van der Waals surface area contributed by atoms with Crippen molar-refractivity contribution in [2.75, 3.05) is 58.4 Å². The van der Waals surface area contributed by atoms with Gasteiger partial charge in [0.15, 0.2) is 0 Å². The van der Waals surface area contributed by atoms with Gasteiger partial charge in [0.1, 0.15) is 5.82 Å². The van der Waals surface area contributed by atoms with Crippen molar-refractivity contribution in [3.05, 3.63) is 41.6 Å². The summed E-state index contributed by atoms with van der Waals surface area (Å²) in [5, 5.41) is 4.97. The Morgan fingerprint density at radius 1 is 1.06 bits per heavy atom. The van der Waals surface area contributed by atoms with Crippen molar-refractivity contribution in [3.8, 4) is 5.69 Å². The predicted octanol–water partition coefficient (Wildman–Crippen LogP) is 4.27. The molecule has 1 saturated heterocycles. The fourth-order valence-electron chi connectivity index (χ4n) is 4.57. The summed E-state index contributed by atoms with van der Waals surface area (Å²) in [6, 6.07) is 10.3. The molecule has 0 atom stereocenters. The fraction of sp³-hybridized carbons (Fsp3) is 0.630. The zero-order valence-corrected chi connectivity index (χ0v) is 21.6. The van der Waals surface area contributed by atoms with Crippen LogP contribution in [0, 0.1) is 6.92 Å². The highest BCUT2D eigenvalue weighted by Gasteiger charge is 2.27. The molecule has 2 heterocycles. The number of hydrogen-bond acceptors (Lipinski definition) is 5. The van der Waals surface area contributed by atoms with E-state index in [2.05, 4.69) is 59.6 Å². The maximum Gasteiger partial charge on any atom is 0.222 e. The molecule has 0 N–H and O–H groups in total. The van der Waals surface area contributed by atoms with Gasteiger partial charge in [0, 0.05) is 58.4 Å². The lowest BCUT2D eigenvalue weighted by molar-refractivity contribution is -0.132. The molecule has 0 unspecified atom stereocenters. The van der Waals surface area contributed by atoms with Gasteiger partial charge in [0.2, 0.25) is 5.91 Å². The van der Waals surface area contributed by atoms with E-state index in [0.29, 0.717) is 26.1 Å². The molecule has 7 nitrogen and oxygen atoms in total. The van der Waals surface area contributed by atoms with Gasteiger partial charge in [-0.1, -0.05) is 44.4 Å². The van der Waals surface area contributed by atoms with Crippen LogP contribution in [0.3, 0.4) is 0 Å². The number of carbonyl (C=O) groups is 1. The Kier molecular flexibility index (Phi) is 10.4. The number of rotatable bonds is 13. The Balaban J connectivity index is 1.89. The Morgan fingerprint density at radius 2 is 1.79 bits per heavy atom. The second-order valence-electron chi connectivity index (χ2n) is 9.40. The van der Waals surface area contributed by atoms with Crippen LogP contribution in [-0.4, -0.2) is 79.0 Å². The van der Waals surface area contributed by atoms with Crippen LogP contribution >= 0.6 is 0 Å². The molecule has 1 aromatic heterocycles. The number of unbranched alkanes of at least 4 members (excludes halogenated alkanes) is 3. The third-order valence-corrected chi connectivity index (χ3v) is 6.68. The molecule has 0 bridgehead atoms. The molecule has 7 heteroatoms. The molecule has 1 fully saturated rings. The standard InChI is InChI=1S/C27H43N5O2/c1-5-6-7-11-15-26(33)31(16-12-21-34-4)22-25-23(2)28-32(24-13-9-8-10-14-24)27(25)30-19-17-29(3)18-20-30/h8-10,13-14H,5-7,11-12,15-22H2,1-4H3. The SMILES string of the molecule is CCCCCCC(=O)N(CCCOC)Cc1c(C)nn(-c2ccccc2)c1N1CCN(C)CC1. The van der Waals surface area contributed by atoms with Gasteiger partial charge in [0.25, 0.3) is 0 Å². The summed E-state index contributed by atoms with van der Waals surface area (Å²) in [6.07, 6.45) is 5.90. The van der Waals surface area contributed by atoms with Crippen molar-refractivity contribution in [3.63, 3.8) is 0 Å². The molecule has 0 saturated carbocycles. The highest BCUT2D eigenvalue weighted by molar-refractivity contribution is 5.76. The van der Waals surface area contributed by atoms with Crippen molar-refractivity contribution in [1.29, 1.82) is 0 Å². The van der Waals surface area contributed by atoms with E-state index in [9.17, 15) is 4.79 Å². The predicted molar refractivity (Wildman–Crippen MR) is 139 cm³/mol. The molecule has 1 aliphatic rings. The number of aromatic nitrogens is 2. The van der Waals surface area contributed by atoms with Crippen molar-refractivity contribution in [2.45, 2.75) is 58.9 Å². The van der Waals surface area contributed by atoms with E-state index in [1.165, 1.54) is 12.8 Å². The van der Waals surface area contributed by atoms with Gasteiger partial charge < -0.3 is 19.4 Å². The van der Waals surface area contributed by atoms with Crippen LogP contribution in [0.4, 0.5) is 5.82 Å². The smallest absolute Gasteiger partial charge is 0.222 e. The molecule has 34 heavy (non-hydrogen) atoms. The Bertz CT molecular complexity index is 875. The Morgan fingerprint density at radius 3 is 2.47 bits per heavy atom. The summed E-state index contributed by atoms with van der Waals surface area (Å²) in [5.41, 5.74) is 3.21. The molecule has 1 amide bonds. The van der Waals surface area contributed by atoms with E-state index in [4.69, 9.17) is 9.84 Å². The molecule has 2 aromatic rings. The summed E-state index contributed by atoms with van der Waals surface area (Å²) in [7, 11) is 3.89. The zero-order valence-electron chi connectivity index (χ0n) is 21.6. The average Bonchev–Trinajstić information content (AvgIpc) is 3.18. The maximum absolute atomic E-state index is 13.3. The number of carbonyl (C=O) groups excluding carboxylic acids is 1. The lowest BCUT2D eigenvalue weighted by Gasteiger charge is -2.35. The Labute approximate surface area is 205 Å². The van der Waals surface area contributed by atoms with Crippen molar-refractivity contribution < 1.29 is 9.53 Å². The van der Waals surface area contributed by atoms with Crippen LogP contribution in [0.5, 0.6) is 0 Å². The minimum Gasteiger partial charge on any atom is -0.385 e. The number of amides is 1. The Hall–Kier alpha value is -2.38. The number of likely N-dealkylation sites (N-methyl/N-ethyl adjacent to an activating group) is 1. The molecular weight excluding hydrogens is 426 g/mol. The van der Waals surface area contributed by atoms with E-state index in [1.807, 2.05) is 11.0 Å². The fourth-order valence-corrected chi connectivity index (χ4v) is 4.57. The lowest BCUT2D eigenvalue weighted by atomic mass is 10.1. The minimum absolute atomic E-state index is 0.239. The van der Waals surface area contributed by atoms with Crippen LogP contribution in [0.1, 0.15) is 56.7 Å². The topological polar surface area (TPSA) is 53.8 Å². The second-order valence-corrected chi connectivity index (χ2v) is 9.40. The van der Waals surface area contributed by atoms with Crippen molar-refractivity contribution >= 4 is 11.7 Å². The lowest BCUT2D eigenvalue weighted by Crippen LogP contribution is -2.45. The molecule has 1 aromatic carbocycles. The monoisotopic (exact) mass is 469 g/mol. The van der Waals surface area contributed by atoms with E-state index in [-0.39, 0.29) is 5.91 Å². The van der Waals surface area contributed by atoms with E-state index in [0.717, 1.165) is 68.2 Å². The highest BCUT2D eigenvalue weighted by atomic mass is 16.5. The number of nitrogens with zero attached hydrogens (tertiary/aromatic N) is 5. The van der Waals surface area contributed by atoms with E-state index in [1.54, 1.807) is 7.11 Å². The van der Waals surface area contributed by atoms with E-state index < -0.39 is 0 Å².